The van der Waals surface area contributed by atoms with E-state index >= 15 is 0 Å². The third kappa shape index (κ3) is 3.98. The highest BCUT2D eigenvalue weighted by Crippen LogP contribution is 2.18. The predicted molar refractivity (Wildman–Crippen MR) is 74.6 cm³/mol. The van der Waals surface area contributed by atoms with E-state index < -0.39 is 23.4 Å². The Bertz CT molecular complexity index is 657. The van der Waals surface area contributed by atoms with Crippen molar-refractivity contribution in [2.24, 2.45) is 0 Å². The van der Waals surface area contributed by atoms with Gasteiger partial charge in [0, 0.05) is 11.8 Å². The highest BCUT2D eigenvalue weighted by atomic mass is 19.1. The van der Waals surface area contributed by atoms with Crippen molar-refractivity contribution in [3.8, 4) is 0 Å². The molecule has 2 aromatic rings. The fourth-order valence-corrected chi connectivity index (χ4v) is 1.70. The molecule has 0 aliphatic carbocycles. The minimum absolute atomic E-state index is 0.0904. The number of nitrogens with one attached hydrogen (secondary N) is 2. The fraction of sp³-hybridized carbons (Fsp3) is 0.133. The average molecular weight is 294 g/mol. The highest BCUT2D eigenvalue weighted by Gasteiger charge is 2.09. The van der Waals surface area contributed by atoms with Crippen LogP contribution in [0.5, 0.6) is 0 Å². The maximum absolute atomic E-state index is 13.5. The molecule has 3 nitrogen and oxygen atoms in total. The number of carbonyl (C=O) groups is 1. The molecule has 0 saturated carbocycles. The molecule has 0 aliphatic heterocycles. The van der Waals surface area contributed by atoms with Gasteiger partial charge < -0.3 is 10.6 Å². The SMILES string of the molecule is Cc1cc(F)c(NCC(=O)Nc2ccc(F)cc2)cc1F. The molecule has 0 spiro atoms. The minimum Gasteiger partial charge on any atom is -0.374 e. The van der Waals surface area contributed by atoms with Gasteiger partial charge in [0.1, 0.15) is 17.5 Å². The van der Waals surface area contributed by atoms with Gasteiger partial charge >= 0.3 is 0 Å². The molecule has 0 fully saturated rings. The van der Waals surface area contributed by atoms with Gasteiger partial charge in [0.25, 0.3) is 0 Å². The highest BCUT2D eigenvalue weighted by molar-refractivity contribution is 5.93. The summed E-state index contributed by atoms with van der Waals surface area (Å²) < 4.78 is 39.6. The zero-order valence-electron chi connectivity index (χ0n) is 11.2. The van der Waals surface area contributed by atoms with E-state index in [1.165, 1.54) is 31.2 Å². The summed E-state index contributed by atoms with van der Waals surface area (Å²) >= 11 is 0. The lowest BCUT2D eigenvalue weighted by molar-refractivity contribution is -0.114. The quantitative estimate of drug-likeness (QED) is 0.906. The van der Waals surface area contributed by atoms with E-state index in [-0.39, 0.29) is 17.8 Å². The molecule has 0 heterocycles. The van der Waals surface area contributed by atoms with Crippen LogP contribution in [-0.2, 0) is 4.79 Å². The summed E-state index contributed by atoms with van der Waals surface area (Å²) in [7, 11) is 0. The lowest BCUT2D eigenvalue weighted by Crippen LogP contribution is -2.22. The second kappa shape index (κ2) is 6.30. The van der Waals surface area contributed by atoms with Crippen molar-refractivity contribution in [2.75, 3.05) is 17.2 Å². The van der Waals surface area contributed by atoms with Crippen LogP contribution in [0.2, 0.25) is 0 Å². The summed E-state index contributed by atoms with van der Waals surface area (Å²) in [5, 5.41) is 5.01. The molecule has 21 heavy (non-hydrogen) atoms. The molecular formula is C15H13F3N2O. The smallest absolute Gasteiger partial charge is 0.243 e. The Morgan fingerprint density at radius 2 is 1.71 bits per heavy atom. The number of anilines is 2. The van der Waals surface area contributed by atoms with Gasteiger partial charge in [0.05, 0.1) is 12.2 Å². The van der Waals surface area contributed by atoms with Gasteiger partial charge in [-0.05, 0) is 42.8 Å². The summed E-state index contributed by atoms with van der Waals surface area (Å²) in [5.74, 6) is -2.06. The van der Waals surface area contributed by atoms with Crippen LogP contribution >= 0.6 is 0 Å². The van der Waals surface area contributed by atoms with Crippen LogP contribution in [-0.4, -0.2) is 12.5 Å². The molecule has 2 rings (SSSR count). The van der Waals surface area contributed by atoms with Crippen LogP contribution in [0.1, 0.15) is 5.56 Å². The van der Waals surface area contributed by atoms with E-state index in [2.05, 4.69) is 10.6 Å². The summed E-state index contributed by atoms with van der Waals surface area (Å²) in [6.45, 7) is 1.21. The van der Waals surface area contributed by atoms with Crippen molar-refractivity contribution in [1.29, 1.82) is 0 Å². The molecule has 0 unspecified atom stereocenters. The third-order valence-electron chi connectivity index (χ3n) is 2.82. The average Bonchev–Trinajstić information content (AvgIpc) is 2.44. The molecule has 110 valence electrons. The minimum atomic E-state index is -0.636. The first-order chi connectivity index (χ1) is 9.95. The third-order valence-corrected chi connectivity index (χ3v) is 2.82. The Morgan fingerprint density at radius 3 is 2.38 bits per heavy atom. The first kappa shape index (κ1) is 14.9. The molecular weight excluding hydrogens is 281 g/mol. The number of carbonyl (C=O) groups excluding carboxylic acids is 1. The Hall–Kier alpha value is -2.50. The normalized spacial score (nSPS) is 10.3. The zero-order chi connectivity index (χ0) is 15.4. The largest absolute Gasteiger partial charge is 0.374 e. The van der Waals surface area contributed by atoms with E-state index in [1.54, 1.807) is 0 Å². The van der Waals surface area contributed by atoms with Crippen LogP contribution < -0.4 is 10.6 Å². The van der Waals surface area contributed by atoms with Crippen molar-refractivity contribution in [1.82, 2.24) is 0 Å². The second-order valence-electron chi connectivity index (χ2n) is 4.49. The van der Waals surface area contributed by atoms with Gasteiger partial charge in [0.15, 0.2) is 0 Å². The Kier molecular flexibility index (Phi) is 4.47. The van der Waals surface area contributed by atoms with Crippen LogP contribution in [0, 0.1) is 24.4 Å². The number of benzene rings is 2. The lowest BCUT2D eigenvalue weighted by atomic mass is 10.2. The van der Waals surface area contributed by atoms with E-state index in [4.69, 9.17) is 0 Å². The van der Waals surface area contributed by atoms with E-state index in [9.17, 15) is 18.0 Å². The van der Waals surface area contributed by atoms with Gasteiger partial charge in [-0.15, -0.1) is 0 Å². The van der Waals surface area contributed by atoms with E-state index in [0.717, 1.165) is 12.1 Å². The molecule has 0 atom stereocenters. The predicted octanol–water partition coefficient (Wildman–Crippen LogP) is 3.46. The molecule has 6 heteroatoms. The van der Waals surface area contributed by atoms with Crippen molar-refractivity contribution in [3.05, 3.63) is 59.4 Å². The van der Waals surface area contributed by atoms with Crippen LogP contribution in [0.3, 0.4) is 0 Å². The summed E-state index contributed by atoms with van der Waals surface area (Å²) in [4.78, 5) is 11.7. The molecule has 0 saturated heterocycles. The van der Waals surface area contributed by atoms with Crippen molar-refractivity contribution in [2.45, 2.75) is 6.92 Å². The maximum atomic E-state index is 13.5. The first-order valence-corrected chi connectivity index (χ1v) is 6.20. The molecule has 1 amide bonds. The molecule has 0 aromatic heterocycles. The molecule has 0 radical (unpaired) electrons. The lowest BCUT2D eigenvalue weighted by Gasteiger charge is -2.09. The number of hydrogen-bond acceptors (Lipinski definition) is 2. The van der Waals surface area contributed by atoms with Crippen molar-refractivity contribution < 1.29 is 18.0 Å². The summed E-state index contributed by atoms with van der Waals surface area (Å²) in [6.07, 6.45) is 0. The van der Waals surface area contributed by atoms with Crippen LogP contribution in [0.15, 0.2) is 36.4 Å². The van der Waals surface area contributed by atoms with Crippen molar-refractivity contribution in [3.63, 3.8) is 0 Å². The Morgan fingerprint density at radius 1 is 1.05 bits per heavy atom. The fourth-order valence-electron chi connectivity index (χ4n) is 1.70. The molecule has 2 N–H and O–H groups in total. The van der Waals surface area contributed by atoms with Gasteiger partial charge in [-0.3, -0.25) is 4.79 Å². The van der Waals surface area contributed by atoms with Gasteiger partial charge in [-0.25, -0.2) is 13.2 Å². The molecule has 0 aliphatic rings. The number of rotatable bonds is 4. The number of amides is 1. The van der Waals surface area contributed by atoms with E-state index in [1.807, 2.05) is 0 Å². The van der Waals surface area contributed by atoms with Crippen molar-refractivity contribution >= 4 is 17.3 Å². The van der Waals surface area contributed by atoms with Gasteiger partial charge in [0.2, 0.25) is 5.91 Å². The first-order valence-electron chi connectivity index (χ1n) is 6.20. The summed E-state index contributed by atoms with van der Waals surface area (Å²) in [5.41, 5.74) is 0.514. The Labute approximate surface area is 119 Å². The van der Waals surface area contributed by atoms with E-state index in [0.29, 0.717) is 5.69 Å². The van der Waals surface area contributed by atoms with Crippen LogP contribution in [0.25, 0.3) is 0 Å². The second-order valence-corrected chi connectivity index (χ2v) is 4.49. The monoisotopic (exact) mass is 294 g/mol. The van der Waals surface area contributed by atoms with Gasteiger partial charge in [-0.1, -0.05) is 0 Å². The topological polar surface area (TPSA) is 41.1 Å². The number of hydrogen-bond donors (Lipinski definition) is 2. The van der Waals surface area contributed by atoms with Crippen LogP contribution in [0.4, 0.5) is 24.5 Å². The maximum Gasteiger partial charge on any atom is 0.243 e. The zero-order valence-corrected chi connectivity index (χ0v) is 11.2. The Balaban J connectivity index is 1.95. The standard InChI is InChI=1S/C15H13F3N2O/c1-9-6-13(18)14(7-12(9)17)19-8-15(21)20-11-4-2-10(16)3-5-11/h2-7,19H,8H2,1H3,(H,20,21). The number of halogens is 3. The summed E-state index contributed by atoms with van der Waals surface area (Å²) in [6, 6.07) is 7.26. The number of aryl methyl sites for hydroxylation is 1. The van der Waals surface area contributed by atoms with Gasteiger partial charge in [-0.2, -0.15) is 0 Å². The molecule has 2 aromatic carbocycles. The molecule has 0 bridgehead atoms.